The smallest absolute Gasteiger partial charge is 0.192 e. The topological polar surface area (TPSA) is 58.5 Å². The summed E-state index contributed by atoms with van der Waals surface area (Å²) in [5.74, 6) is 1.77. The molecule has 0 saturated heterocycles. The van der Waals surface area contributed by atoms with Gasteiger partial charge in [-0.15, -0.1) is 0 Å². The summed E-state index contributed by atoms with van der Waals surface area (Å²) in [5.41, 5.74) is 3.35. The van der Waals surface area contributed by atoms with Gasteiger partial charge in [0.15, 0.2) is 5.96 Å². The van der Waals surface area contributed by atoms with E-state index in [0.29, 0.717) is 13.2 Å². The normalized spacial score (nSPS) is 16.9. The molecular formula is C19H24N4O. The predicted octanol–water partition coefficient (Wildman–Crippen LogP) is 2.97. The van der Waals surface area contributed by atoms with Gasteiger partial charge in [0.25, 0.3) is 0 Å². The minimum atomic E-state index is 0.206. The molecular weight excluding hydrogens is 300 g/mol. The fraction of sp³-hybridized carbons (Fsp3) is 0.368. The third-order valence-corrected chi connectivity index (χ3v) is 4.12. The molecule has 1 aliphatic heterocycles. The zero-order chi connectivity index (χ0) is 16.8. The average molecular weight is 324 g/mol. The molecule has 126 valence electrons. The van der Waals surface area contributed by atoms with E-state index < -0.39 is 0 Å². The number of ether oxygens (including phenoxy) is 1. The largest absolute Gasteiger partial charge is 0.493 e. The van der Waals surface area contributed by atoms with Gasteiger partial charge in [-0.1, -0.05) is 24.3 Å². The number of hydrogen-bond donors (Lipinski definition) is 2. The molecule has 5 heteroatoms. The number of benzene rings is 1. The first kappa shape index (κ1) is 16.3. The van der Waals surface area contributed by atoms with Gasteiger partial charge in [-0.3, -0.25) is 4.98 Å². The van der Waals surface area contributed by atoms with Crippen LogP contribution in [0.25, 0.3) is 0 Å². The fourth-order valence-corrected chi connectivity index (χ4v) is 2.81. The Bertz CT molecular complexity index is 714. The number of pyridine rings is 1. The number of aryl methyl sites for hydroxylation is 1. The molecule has 24 heavy (non-hydrogen) atoms. The van der Waals surface area contributed by atoms with Crippen LogP contribution in [0.15, 0.2) is 47.6 Å². The first-order valence-electron chi connectivity index (χ1n) is 8.45. The average Bonchev–Trinajstić information content (AvgIpc) is 2.61. The van der Waals surface area contributed by atoms with Gasteiger partial charge in [0.05, 0.1) is 24.9 Å². The molecule has 1 atom stereocenters. The molecule has 3 rings (SSSR count). The number of aliphatic imine (C=N–C) groups is 1. The molecule has 0 bridgehead atoms. The van der Waals surface area contributed by atoms with Crippen LogP contribution in [0.3, 0.4) is 0 Å². The number of hydrogen-bond acceptors (Lipinski definition) is 3. The number of guanidine groups is 1. The molecule has 5 nitrogen and oxygen atoms in total. The molecule has 1 aliphatic rings. The molecule has 1 unspecified atom stereocenters. The Morgan fingerprint density at radius 2 is 2.17 bits per heavy atom. The number of nitrogens with one attached hydrogen (secondary N) is 2. The monoisotopic (exact) mass is 324 g/mol. The summed E-state index contributed by atoms with van der Waals surface area (Å²) < 4.78 is 5.73. The van der Waals surface area contributed by atoms with Crippen molar-refractivity contribution in [3.8, 4) is 5.75 Å². The molecule has 2 N–H and O–H groups in total. The Morgan fingerprint density at radius 3 is 3.00 bits per heavy atom. The highest BCUT2D eigenvalue weighted by molar-refractivity contribution is 5.80. The molecule has 1 aromatic carbocycles. The van der Waals surface area contributed by atoms with Gasteiger partial charge in [0, 0.05) is 24.7 Å². The second kappa shape index (κ2) is 7.81. The van der Waals surface area contributed by atoms with Gasteiger partial charge in [0.2, 0.25) is 0 Å². The van der Waals surface area contributed by atoms with Crippen molar-refractivity contribution in [3.05, 3.63) is 59.4 Å². The lowest BCUT2D eigenvalue weighted by atomic mass is 10.0. The van der Waals surface area contributed by atoms with Gasteiger partial charge in [-0.2, -0.15) is 0 Å². The molecule has 0 saturated carbocycles. The number of para-hydroxylation sites is 1. The third-order valence-electron chi connectivity index (χ3n) is 4.12. The van der Waals surface area contributed by atoms with Crippen molar-refractivity contribution in [1.82, 2.24) is 15.6 Å². The van der Waals surface area contributed by atoms with Crippen LogP contribution in [0.1, 0.15) is 36.2 Å². The van der Waals surface area contributed by atoms with Crippen molar-refractivity contribution in [2.24, 2.45) is 4.99 Å². The molecule has 0 radical (unpaired) electrons. The van der Waals surface area contributed by atoms with E-state index >= 15 is 0 Å². The highest BCUT2D eigenvalue weighted by atomic mass is 16.5. The third kappa shape index (κ3) is 3.85. The highest BCUT2D eigenvalue weighted by Gasteiger charge is 2.21. The van der Waals surface area contributed by atoms with Gasteiger partial charge < -0.3 is 15.4 Å². The summed E-state index contributed by atoms with van der Waals surface area (Å²) in [6, 6.07) is 12.4. The van der Waals surface area contributed by atoms with E-state index in [2.05, 4.69) is 41.6 Å². The Morgan fingerprint density at radius 1 is 1.29 bits per heavy atom. The van der Waals surface area contributed by atoms with Gasteiger partial charge in [-0.05, 0) is 31.5 Å². The van der Waals surface area contributed by atoms with Crippen LogP contribution in [0.5, 0.6) is 5.75 Å². The van der Waals surface area contributed by atoms with Crippen LogP contribution in [0.2, 0.25) is 0 Å². The van der Waals surface area contributed by atoms with Crippen LogP contribution in [-0.2, 0) is 6.54 Å². The predicted molar refractivity (Wildman–Crippen MR) is 96.2 cm³/mol. The SMILES string of the molecule is CCNC(=NCc1ncccc1C)NC1CCOc2ccccc21. The zero-order valence-electron chi connectivity index (χ0n) is 14.2. The van der Waals surface area contributed by atoms with Crippen LogP contribution in [0.4, 0.5) is 0 Å². The van der Waals surface area contributed by atoms with Crippen molar-refractivity contribution >= 4 is 5.96 Å². The lowest BCUT2D eigenvalue weighted by molar-refractivity contribution is 0.261. The van der Waals surface area contributed by atoms with E-state index in [1.807, 2.05) is 30.5 Å². The molecule has 0 fully saturated rings. The summed E-state index contributed by atoms with van der Waals surface area (Å²) in [4.78, 5) is 9.11. The Labute approximate surface area is 143 Å². The summed E-state index contributed by atoms with van der Waals surface area (Å²) >= 11 is 0. The molecule has 0 amide bonds. The molecule has 2 aromatic rings. The molecule has 1 aromatic heterocycles. The minimum Gasteiger partial charge on any atom is -0.493 e. The van der Waals surface area contributed by atoms with E-state index in [1.54, 1.807) is 0 Å². The van der Waals surface area contributed by atoms with Crippen molar-refractivity contribution < 1.29 is 4.74 Å². The van der Waals surface area contributed by atoms with Gasteiger partial charge in [-0.25, -0.2) is 4.99 Å². The number of nitrogens with zero attached hydrogens (tertiary/aromatic N) is 2. The van der Waals surface area contributed by atoms with Crippen LogP contribution < -0.4 is 15.4 Å². The fourth-order valence-electron chi connectivity index (χ4n) is 2.81. The zero-order valence-corrected chi connectivity index (χ0v) is 14.2. The summed E-state index contributed by atoms with van der Waals surface area (Å²) in [5, 5.41) is 6.85. The highest BCUT2D eigenvalue weighted by Crippen LogP contribution is 2.31. The van der Waals surface area contributed by atoms with E-state index in [-0.39, 0.29) is 6.04 Å². The maximum absolute atomic E-state index is 5.73. The van der Waals surface area contributed by atoms with Crippen molar-refractivity contribution in [2.75, 3.05) is 13.2 Å². The number of rotatable bonds is 4. The van der Waals surface area contributed by atoms with Crippen LogP contribution >= 0.6 is 0 Å². The van der Waals surface area contributed by atoms with Crippen LogP contribution in [-0.4, -0.2) is 24.1 Å². The summed E-state index contributed by atoms with van der Waals surface area (Å²) in [6.45, 7) is 6.23. The van der Waals surface area contributed by atoms with E-state index in [0.717, 1.165) is 35.9 Å². The lowest BCUT2D eigenvalue weighted by Gasteiger charge is -2.28. The Kier molecular flexibility index (Phi) is 5.31. The lowest BCUT2D eigenvalue weighted by Crippen LogP contribution is -2.41. The van der Waals surface area contributed by atoms with Gasteiger partial charge in [0.1, 0.15) is 5.75 Å². The molecule has 2 heterocycles. The van der Waals surface area contributed by atoms with Crippen molar-refractivity contribution in [1.29, 1.82) is 0 Å². The van der Waals surface area contributed by atoms with Crippen molar-refractivity contribution in [2.45, 2.75) is 32.9 Å². The van der Waals surface area contributed by atoms with E-state index in [1.165, 1.54) is 5.56 Å². The second-order valence-electron chi connectivity index (χ2n) is 5.83. The standard InChI is InChI=1S/C19H24N4O/c1-3-20-19(22-13-17-14(2)7-6-11-21-17)23-16-10-12-24-18-9-5-4-8-15(16)18/h4-9,11,16H,3,10,12-13H2,1-2H3,(H2,20,22,23). The van der Waals surface area contributed by atoms with E-state index in [9.17, 15) is 0 Å². The number of aromatic nitrogens is 1. The Balaban J connectivity index is 1.75. The second-order valence-corrected chi connectivity index (χ2v) is 5.83. The minimum absolute atomic E-state index is 0.206. The maximum atomic E-state index is 5.73. The molecule has 0 aliphatic carbocycles. The van der Waals surface area contributed by atoms with Crippen LogP contribution in [0, 0.1) is 6.92 Å². The quantitative estimate of drug-likeness (QED) is 0.670. The summed E-state index contributed by atoms with van der Waals surface area (Å²) in [6.07, 6.45) is 2.73. The first-order valence-corrected chi connectivity index (χ1v) is 8.45. The molecule has 0 spiro atoms. The maximum Gasteiger partial charge on any atom is 0.192 e. The Hall–Kier alpha value is -2.56. The first-order chi connectivity index (χ1) is 11.8. The van der Waals surface area contributed by atoms with Gasteiger partial charge >= 0.3 is 0 Å². The van der Waals surface area contributed by atoms with Crippen molar-refractivity contribution in [3.63, 3.8) is 0 Å². The number of fused-ring (bicyclic) bond motifs is 1. The summed E-state index contributed by atoms with van der Waals surface area (Å²) in [7, 11) is 0. The van der Waals surface area contributed by atoms with E-state index in [4.69, 9.17) is 9.73 Å².